The maximum Gasteiger partial charge on any atom is 0.151 e. The lowest BCUT2D eigenvalue weighted by molar-refractivity contribution is 0.112. The van der Waals surface area contributed by atoms with Crippen molar-refractivity contribution in [3.05, 3.63) is 52.1 Å². The number of nitrogens with zero attached hydrogens (tertiary/aromatic N) is 1. The first-order chi connectivity index (χ1) is 7.70. The van der Waals surface area contributed by atoms with Crippen LogP contribution in [-0.2, 0) is 0 Å². The van der Waals surface area contributed by atoms with E-state index in [1.807, 2.05) is 31.2 Å². The minimum atomic E-state index is 0.594. The Bertz CT molecular complexity index is 520. The first-order valence-corrected chi connectivity index (χ1v) is 5.68. The third-order valence-electron chi connectivity index (χ3n) is 2.40. The van der Waals surface area contributed by atoms with E-state index in [1.165, 1.54) is 0 Å². The highest BCUT2D eigenvalue weighted by atomic mass is 79.9. The van der Waals surface area contributed by atoms with Gasteiger partial charge in [-0.25, -0.2) is 0 Å². The topological polar surface area (TPSA) is 30.0 Å². The molecule has 80 valence electrons. The van der Waals surface area contributed by atoms with Gasteiger partial charge in [-0.2, -0.15) is 0 Å². The Morgan fingerprint density at radius 1 is 1.25 bits per heavy atom. The van der Waals surface area contributed by atoms with Crippen LogP contribution < -0.4 is 0 Å². The molecule has 1 aromatic heterocycles. The van der Waals surface area contributed by atoms with Crippen molar-refractivity contribution in [3.8, 4) is 11.3 Å². The van der Waals surface area contributed by atoms with E-state index in [4.69, 9.17) is 0 Å². The van der Waals surface area contributed by atoms with Gasteiger partial charge in [0.25, 0.3) is 0 Å². The molecule has 0 spiro atoms. The summed E-state index contributed by atoms with van der Waals surface area (Å²) in [5.41, 5.74) is 3.71. The van der Waals surface area contributed by atoms with Crippen LogP contribution in [0.4, 0.5) is 0 Å². The number of hydrogen-bond donors (Lipinski definition) is 0. The van der Waals surface area contributed by atoms with Gasteiger partial charge < -0.3 is 0 Å². The molecule has 0 bridgehead atoms. The van der Waals surface area contributed by atoms with Crippen molar-refractivity contribution in [2.45, 2.75) is 6.92 Å². The average Bonchev–Trinajstić information content (AvgIpc) is 2.32. The van der Waals surface area contributed by atoms with Crippen LogP contribution in [0.5, 0.6) is 0 Å². The van der Waals surface area contributed by atoms with Crippen molar-refractivity contribution >= 4 is 22.2 Å². The molecule has 0 aliphatic heterocycles. The van der Waals surface area contributed by atoms with Crippen molar-refractivity contribution in [2.75, 3.05) is 0 Å². The van der Waals surface area contributed by atoms with E-state index < -0.39 is 0 Å². The molecule has 0 amide bonds. The lowest BCUT2D eigenvalue weighted by Crippen LogP contribution is -1.89. The second kappa shape index (κ2) is 4.58. The number of carbonyl (C=O) groups is 1. The quantitative estimate of drug-likeness (QED) is 0.784. The molecule has 1 aromatic carbocycles. The summed E-state index contributed by atoms with van der Waals surface area (Å²) in [5, 5.41) is 0. The highest BCUT2D eigenvalue weighted by Gasteiger charge is 2.03. The maximum atomic E-state index is 10.5. The summed E-state index contributed by atoms with van der Waals surface area (Å²) in [6.45, 7) is 2.04. The highest BCUT2D eigenvalue weighted by molar-refractivity contribution is 9.10. The van der Waals surface area contributed by atoms with Gasteiger partial charge in [-0.3, -0.25) is 9.78 Å². The zero-order valence-electron chi connectivity index (χ0n) is 8.77. The number of aryl methyl sites for hydroxylation is 1. The average molecular weight is 276 g/mol. The van der Waals surface area contributed by atoms with Gasteiger partial charge in [0.1, 0.15) is 0 Å². The van der Waals surface area contributed by atoms with Gasteiger partial charge >= 0.3 is 0 Å². The number of hydrogen-bond acceptors (Lipinski definition) is 2. The van der Waals surface area contributed by atoms with Crippen molar-refractivity contribution in [1.82, 2.24) is 4.98 Å². The third kappa shape index (κ3) is 2.19. The van der Waals surface area contributed by atoms with Crippen molar-refractivity contribution in [3.63, 3.8) is 0 Å². The molecule has 2 aromatic rings. The molecule has 3 heteroatoms. The van der Waals surface area contributed by atoms with Gasteiger partial charge in [-0.1, -0.05) is 22.0 Å². The van der Waals surface area contributed by atoms with E-state index in [9.17, 15) is 4.79 Å². The monoisotopic (exact) mass is 275 g/mol. The maximum absolute atomic E-state index is 10.5. The molecule has 0 unspecified atom stereocenters. The lowest BCUT2D eigenvalue weighted by atomic mass is 10.1. The molecular weight excluding hydrogens is 266 g/mol. The second-order valence-corrected chi connectivity index (χ2v) is 4.47. The van der Waals surface area contributed by atoms with Crippen LogP contribution in [0.15, 0.2) is 41.0 Å². The Morgan fingerprint density at radius 2 is 2.06 bits per heavy atom. The highest BCUT2D eigenvalue weighted by Crippen LogP contribution is 2.25. The van der Waals surface area contributed by atoms with Crippen LogP contribution in [-0.4, -0.2) is 11.3 Å². The molecule has 0 fully saturated rings. The van der Waals surface area contributed by atoms with Crippen molar-refractivity contribution in [1.29, 1.82) is 0 Å². The van der Waals surface area contributed by atoms with Gasteiger partial charge in [-0.15, -0.1) is 0 Å². The van der Waals surface area contributed by atoms with Gasteiger partial charge in [0.2, 0.25) is 0 Å². The van der Waals surface area contributed by atoms with E-state index in [0.717, 1.165) is 27.6 Å². The molecule has 16 heavy (non-hydrogen) atoms. The summed E-state index contributed by atoms with van der Waals surface area (Å²) in [4.78, 5) is 14.8. The standard InChI is InChI=1S/C13H10BrNO/c1-9-2-4-11(14)6-12(9)13-5-3-10(8-16)7-15-13/h2-8H,1H3. The van der Waals surface area contributed by atoms with E-state index >= 15 is 0 Å². The number of rotatable bonds is 2. The van der Waals surface area contributed by atoms with Crippen LogP contribution in [0.2, 0.25) is 0 Å². The normalized spacial score (nSPS) is 10.1. The largest absolute Gasteiger partial charge is 0.298 e. The van der Waals surface area contributed by atoms with Crippen molar-refractivity contribution < 1.29 is 4.79 Å². The van der Waals surface area contributed by atoms with Crippen LogP contribution in [0.3, 0.4) is 0 Å². The summed E-state index contributed by atoms with van der Waals surface area (Å²) in [6.07, 6.45) is 2.38. The van der Waals surface area contributed by atoms with Crippen LogP contribution >= 0.6 is 15.9 Å². The van der Waals surface area contributed by atoms with Gasteiger partial charge in [0.05, 0.1) is 5.69 Å². The molecule has 0 saturated carbocycles. The summed E-state index contributed by atoms with van der Waals surface area (Å²) in [7, 11) is 0. The molecule has 0 saturated heterocycles. The summed E-state index contributed by atoms with van der Waals surface area (Å²) >= 11 is 3.44. The number of halogens is 1. The molecule has 0 aliphatic carbocycles. The number of aldehydes is 1. The molecule has 2 rings (SSSR count). The van der Waals surface area contributed by atoms with Crippen LogP contribution in [0.25, 0.3) is 11.3 Å². The fourth-order valence-corrected chi connectivity index (χ4v) is 1.87. The fraction of sp³-hybridized carbons (Fsp3) is 0.0769. The predicted molar refractivity (Wildman–Crippen MR) is 67.5 cm³/mol. The van der Waals surface area contributed by atoms with E-state index in [2.05, 4.69) is 20.9 Å². The number of benzene rings is 1. The zero-order valence-corrected chi connectivity index (χ0v) is 10.4. The molecule has 1 heterocycles. The van der Waals surface area contributed by atoms with E-state index in [-0.39, 0.29) is 0 Å². The number of carbonyl (C=O) groups excluding carboxylic acids is 1. The predicted octanol–water partition coefficient (Wildman–Crippen LogP) is 3.63. The third-order valence-corrected chi connectivity index (χ3v) is 2.89. The summed E-state index contributed by atoms with van der Waals surface area (Å²) in [6, 6.07) is 9.69. The number of pyridine rings is 1. The molecular formula is C13H10BrNO. The smallest absolute Gasteiger partial charge is 0.151 e. The second-order valence-electron chi connectivity index (χ2n) is 3.55. The van der Waals surface area contributed by atoms with Gasteiger partial charge in [0, 0.05) is 21.8 Å². The molecule has 2 nitrogen and oxygen atoms in total. The minimum absolute atomic E-state index is 0.594. The Labute approximate surface area is 102 Å². The molecule has 0 aliphatic rings. The van der Waals surface area contributed by atoms with Crippen LogP contribution in [0, 0.1) is 6.92 Å². The number of aromatic nitrogens is 1. The molecule has 0 N–H and O–H groups in total. The van der Waals surface area contributed by atoms with E-state index in [1.54, 1.807) is 12.3 Å². The lowest BCUT2D eigenvalue weighted by Gasteiger charge is -2.05. The van der Waals surface area contributed by atoms with E-state index in [0.29, 0.717) is 5.56 Å². The minimum Gasteiger partial charge on any atom is -0.298 e. The molecule has 0 atom stereocenters. The SMILES string of the molecule is Cc1ccc(Br)cc1-c1ccc(C=O)cn1. The molecule has 0 radical (unpaired) electrons. The first kappa shape index (κ1) is 11.0. The summed E-state index contributed by atoms with van der Waals surface area (Å²) < 4.78 is 1.02. The van der Waals surface area contributed by atoms with Crippen molar-refractivity contribution in [2.24, 2.45) is 0 Å². The van der Waals surface area contributed by atoms with Crippen LogP contribution in [0.1, 0.15) is 15.9 Å². The van der Waals surface area contributed by atoms with Gasteiger partial charge in [0.15, 0.2) is 6.29 Å². The Balaban J connectivity index is 2.49. The first-order valence-electron chi connectivity index (χ1n) is 4.88. The summed E-state index contributed by atoms with van der Waals surface area (Å²) in [5.74, 6) is 0. The Morgan fingerprint density at radius 3 is 2.69 bits per heavy atom. The zero-order chi connectivity index (χ0) is 11.5. The Kier molecular flexibility index (Phi) is 3.15. The van der Waals surface area contributed by atoms with Gasteiger partial charge in [-0.05, 0) is 36.8 Å². The Hall–Kier alpha value is -1.48. The fourth-order valence-electron chi connectivity index (χ4n) is 1.50.